The molecule has 2 atom stereocenters. The predicted octanol–water partition coefficient (Wildman–Crippen LogP) is 1.13. The molecule has 1 rings (SSSR count). The van der Waals surface area contributed by atoms with Gasteiger partial charge in [-0.05, 0) is 24.6 Å². The first-order valence-electron chi connectivity index (χ1n) is 5.13. The molecule has 0 spiro atoms. The fourth-order valence-corrected chi connectivity index (χ4v) is 2.55. The van der Waals surface area contributed by atoms with Crippen LogP contribution < -0.4 is 5.73 Å². The number of nitrogen functional groups attached to an aromatic ring is 1. The molecule has 1 aromatic carbocycles. The Morgan fingerprint density at radius 3 is 2.56 bits per heavy atom. The van der Waals surface area contributed by atoms with Gasteiger partial charge in [0.05, 0.1) is 11.4 Å². The average Bonchev–Trinajstić information content (AvgIpc) is 2.27. The second-order valence-corrected chi connectivity index (χ2v) is 6.42. The van der Waals surface area contributed by atoms with Crippen molar-refractivity contribution in [3.05, 3.63) is 29.8 Å². The van der Waals surface area contributed by atoms with E-state index in [4.69, 9.17) is 5.73 Å². The Labute approximate surface area is 96.0 Å². The normalized spacial score (nSPS) is 15.7. The highest BCUT2D eigenvalue weighted by Gasteiger charge is 2.27. The van der Waals surface area contributed by atoms with Gasteiger partial charge in [-0.15, -0.1) is 0 Å². The third kappa shape index (κ3) is 2.74. The van der Waals surface area contributed by atoms with E-state index in [9.17, 15) is 13.5 Å². The Kier molecular flexibility index (Phi) is 3.93. The van der Waals surface area contributed by atoms with Crippen molar-refractivity contribution < 1.29 is 13.5 Å². The Balaban J connectivity index is 2.99. The molecule has 16 heavy (non-hydrogen) atoms. The van der Waals surface area contributed by atoms with E-state index in [0.29, 0.717) is 11.3 Å². The lowest BCUT2D eigenvalue weighted by molar-refractivity contribution is 0.176. The minimum Gasteiger partial charge on any atom is -0.399 e. The van der Waals surface area contributed by atoms with Gasteiger partial charge >= 0.3 is 0 Å². The fourth-order valence-electron chi connectivity index (χ4n) is 1.47. The summed E-state index contributed by atoms with van der Waals surface area (Å²) >= 11 is 0. The van der Waals surface area contributed by atoms with Gasteiger partial charge in [0.1, 0.15) is 0 Å². The van der Waals surface area contributed by atoms with Crippen LogP contribution in [0.2, 0.25) is 0 Å². The summed E-state index contributed by atoms with van der Waals surface area (Å²) in [4.78, 5) is 0. The molecule has 0 radical (unpaired) electrons. The summed E-state index contributed by atoms with van der Waals surface area (Å²) < 4.78 is 23.2. The third-order valence-corrected chi connectivity index (χ3v) is 4.86. The number of nitrogens with two attached hydrogens (primary N) is 1. The summed E-state index contributed by atoms with van der Waals surface area (Å²) in [5.74, 6) is 0.0214. The molecular weight excluding hydrogens is 226 g/mol. The van der Waals surface area contributed by atoms with E-state index in [2.05, 4.69) is 0 Å². The molecule has 0 saturated heterocycles. The lowest BCUT2D eigenvalue weighted by Crippen LogP contribution is -2.26. The molecule has 0 saturated carbocycles. The van der Waals surface area contributed by atoms with Crippen LogP contribution >= 0.6 is 0 Å². The molecule has 0 heterocycles. The van der Waals surface area contributed by atoms with Crippen LogP contribution in [0.25, 0.3) is 0 Å². The first-order chi connectivity index (χ1) is 7.38. The van der Waals surface area contributed by atoms with Crippen LogP contribution in [0.15, 0.2) is 24.3 Å². The maximum atomic E-state index is 11.6. The number of sulfone groups is 1. The van der Waals surface area contributed by atoms with Gasteiger partial charge in [0.15, 0.2) is 9.84 Å². The molecule has 0 fully saturated rings. The zero-order chi connectivity index (χ0) is 12.3. The standard InChI is InChI=1S/C11H17NO3S/c1-3-16(14,15)8(2)11(13)9-5-4-6-10(12)7-9/h4-8,11,13H,3,12H2,1-2H3/t8-,11+/m1/s1. The minimum absolute atomic E-state index is 0.0214. The van der Waals surface area contributed by atoms with Gasteiger partial charge in [-0.3, -0.25) is 0 Å². The van der Waals surface area contributed by atoms with Crippen LogP contribution in [0.3, 0.4) is 0 Å². The number of anilines is 1. The Morgan fingerprint density at radius 2 is 2.06 bits per heavy atom. The van der Waals surface area contributed by atoms with E-state index >= 15 is 0 Å². The van der Waals surface area contributed by atoms with Crippen molar-refractivity contribution in [2.75, 3.05) is 11.5 Å². The molecule has 1 aromatic rings. The molecule has 0 aliphatic carbocycles. The molecule has 4 nitrogen and oxygen atoms in total. The fraction of sp³-hybridized carbons (Fsp3) is 0.455. The molecule has 0 aliphatic heterocycles. The lowest BCUT2D eigenvalue weighted by atomic mass is 10.1. The summed E-state index contributed by atoms with van der Waals surface area (Å²) in [7, 11) is -3.25. The highest BCUT2D eigenvalue weighted by Crippen LogP contribution is 2.23. The van der Waals surface area contributed by atoms with Crippen molar-refractivity contribution in [1.29, 1.82) is 0 Å². The van der Waals surface area contributed by atoms with Gasteiger partial charge in [-0.25, -0.2) is 8.42 Å². The SMILES string of the molecule is CCS(=O)(=O)[C@H](C)[C@H](O)c1cccc(N)c1. The smallest absolute Gasteiger partial charge is 0.155 e. The zero-order valence-corrected chi connectivity index (χ0v) is 10.2. The molecule has 0 unspecified atom stereocenters. The molecule has 90 valence electrons. The van der Waals surface area contributed by atoms with E-state index < -0.39 is 21.2 Å². The highest BCUT2D eigenvalue weighted by atomic mass is 32.2. The van der Waals surface area contributed by atoms with Crippen molar-refractivity contribution in [1.82, 2.24) is 0 Å². The monoisotopic (exact) mass is 243 g/mol. The Bertz CT molecular complexity index is 456. The van der Waals surface area contributed by atoms with Crippen molar-refractivity contribution >= 4 is 15.5 Å². The van der Waals surface area contributed by atoms with Crippen LogP contribution in [-0.2, 0) is 9.84 Å². The van der Waals surface area contributed by atoms with Crippen molar-refractivity contribution in [3.8, 4) is 0 Å². The van der Waals surface area contributed by atoms with Crippen LogP contribution in [-0.4, -0.2) is 24.5 Å². The quantitative estimate of drug-likeness (QED) is 0.777. The van der Waals surface area contributed by atoms with Crippen LogP contribution in [0, 0.1) is 0 Å². The summed E-state index contributed by atoms with van der Waals surface area (Å²) in [5, 5.41) is 9.13. The van der Waals surface area contributed by atoms with Gasteiger partial charge in [0.2, 0.25) is 0 Å². The zero-order valence-electron chi connectivity index (χ0n) is 9.42. The van der Waals surface area contributed by atoms with Crippen LogP contribution in [0.4, 0.5) is 5.69 Å². The first kappa shape index (κ1) is 13.0. The molecule has 0 aliphatic rings. The van der Waals surface area contributed by atoms with E-state index in [1.807, 2.05) is 0 Å². The molecule has 0 aromatic heterocycles. The number of hydrogen-bond donors (Lipinski definition) is 2. The van der Waals surface area contributed by atoms with Crippen LogP contribution in [0.1, 0.15) is 25.5 Å². The average molecular weight is 243 g/mol. The molecule has 5 heteroatoms. The number of aliphatic hydroxyl groups excluding tert-OH is 1. The maximum Gasteiger partial charge on any atom is 0.155 e. The number of benzene rings is 1. The second kappa shape index (κ2) is 4.84. The van der Waals surface area contributed by atoms with Gasteiger partial charge in [0.25, 0.3) is 0 Å². The van der Waals surface area contributed by atoms with Gasteiger partial charge < -0.3 is 10.8 Å². The number of hydrogen-bond acceptors (Lipinski definition) is 4. The molecule has 3 N–H and O–H groups in total. The highest BCUT2D eigenvalue weighted by molar-refractivity contribution is 7.92. The minimum atomic E-state index is -3.25. The topological polar surface area (TPSA) is 80.4 Å². The summed E-state index contributed by atoms with van der Waals surface area (Å²) in [6.07, 6.45) is -1.03. The van der Waals surface area contributed by atoms with Gasteiger partial charge in [-0.2, -0.15) is 0 Å². The first-order valence-corrected chi connectivity index (χ1v) is 6.85. The lowest BCUT2D eigenvalue weighted by Gasteiger charge is -2.19. The Morgan fingerprint density at radius 1 is 1.44 bits per heavy atom. The molecular formula is C11H17NO3S. The molecule has 0 bridgehead atoms. The van der Waals surface area contributed by atoms with E-state index in [0.717, 1.165) is 0 Å². The Hall–Kier alpha value is -1.07. The van der Waals surface area contributed by atoms with Crippen molar-refractivity contribution in [3.63, 3.8) is 0 Å². The van der Waals surface area contributed by atoms with E-state index in [1.54, 1.807) is 31.2 Å². The summed E-state index contributed by atoms with van der Waals surface area (Å²) in [5.41, 5.74) is 6.62. The van der Waals surface area contributed by atoms with Crippen molar-refractivity contribution in [2.45, 2.75) is 25.2 Å². The predicted molar refractivity (Wildman–Crippen MR) is 64.7 cm³/mol. The van der Waals surface area contributed by atoms with E-state index in [1.165, 1.54) is 6.92 Å². The van der Waals surface area contributed by atoms with Gasteiger partial charge in [0, 0.05) is 11.4 Å². The summed E-state index contributed by atoms with van der Waals surface area (Å²) in [6, 6.07) is 6.64. The molecule has 0 amide bonds. The second-order valence-electron chi connectivity index (χ2n) is 3.77. The maximum absolute atomic E-state index is 11.6. The van der Waals surface area contributed by atoms with Crippen molar-refractivity contribution in [2.24, 2.45) is 0 Å². The largest absolute Gasteiger partial charge is 0.399 e. The van der Waals surface area contributed by atoms with Gasteiger partial charge in [-0.1, -0.05) is 19.1 Å². The summed E-state index contributed by atoms with van der Waals surface area (Å²) in [6.45, 7) is 3.07. The third-order valence-electron chi connectivity index (χ3n) is 2.67. The number of aliphatic hydroxyl groups is 1. The van der Waals surface area contributed by atoms with Crippen LogP contribution in [0.5, 0.6) is 0 Å². The van der Waals surface area contributed by atoms with E-state index in [-0.39, 0.29) is 5.75 Å². The number of rotatable bonds is 4.